The molecule has 0 aliphatic heterocycles. The Hall–Kier alpha value is 5.17. The number of hydrogen-bond donors (Lipinski definition) is 0. The van der Waals surface area contributed by atoms with Crippen molar-refractivity contribution in [1.29, 1.82) is 0 Å². The molecule has 0 rings (SSSR count). The Bertz CT molecular complexity index is 255. The molecule has 12 heteroatoms. The van der Waals surface area contributed by atoms with Crippen LogP contribution in [-0.2, 0) is 9.13 Å². The quantitative estimate of drug-likeness (QED) is 0.351. The van der Waals surface area contributed by atoms with Gasteiger partial charge in [-0.05, 0) is 13.8 Å². The van der Waals surface area contributed by atoms with E-state index < -0.39 is 33.8 Å². The summed E-state index contributed by atoms with van der Waals surface area (Å²) in [6, 6.07) is -0.498. The molecule has 0 saturated carbocycles. The molecule has 7 nitrogen and oxygen atoms in total. The second-order valence-electron chi connectivity index (χ2n) is 3.19. The van der Waals surface area contributed by atoms with Gasteiger partial charge in [0.15, 0.2) is 0 Å². The molecule has 0 radical (unpaired) electrons. The topological polar surface area (TPSA) is 130 Å². The Morgan fingerprint density at radius 1 is 0.882 bits per heavy atom. The fourth-order valence-corrected chi connectivity index (χ4v) is 2.72. The summed E-state index contributed by atoms with van der Waals surface area (Å²) < 4.78 is 20.7. The zero-order valence-corrected chi connectivity index (χ0v) is 21.9. The van der Waals surface area contributed by atoms with Crippen LogP contribution in [0.2, 0.25) is 0 Å². The van der Waals surface area contributed by atoms with E-state index in [9.17, 15) is 28.7 Å². The van der Waals surface area contributed by atoms with Crippen LogP contribution in [0.1, 0.15) is 13.8 Å². The smallest absolute Gasteiger partial charge is 0.810 e. The first-order valence-electron chi connectivity index (χ1n) is 3.77. The maximum atomic E-state index is 10.4. The van der Waals surface area contributed by atoms with Gasteiger partial charge < -0.3 is 28.7 Å². The number of nitrogens with zero attached hydrogens (tertiary/aromatic N) is 1. The van der Waals surface area contributed by atoms with Crippen molar-refractivity contribution in [3.63, 3.8) is 0 Å². The Balaban J connectivity index is -0.000000282. The van der Waals surface area contributed by atoms with Crippen LogP contribution in [0.5, 0.6) is 0 Å². The number of hydrogen-bond acceptors (Lipinski definition) is 7. The largest absolute Gasteiger partial charge is 1.00 e. The standard InChI is InChI=1S/C5H15NO6P2.3K/c1-5(2)6(3-13(7,8)9)4-14(10,11)12;;;/h5H,3-4H2,1-2H3,(H2,7,8,9)(H2,10,11,12);;;/q;3*+1/p-4. The fourth-order valence-electron chi connectivity index (χ4n) is 0.816. The summed E-state index contributed by atoms with van der Waals surface area (Å²) in [4.78, 5) is 42.3. The van der Waals surface area contributed by atoms with Gasteiger partial charge in [0.2, 0.25) is 0 Å². The van der Waals surface area contributed by atoms with Crippen molar-refractivity contribution in [1.82, 2.24) is 4.90 Å². The van der Waals surface area contributed by atoms with E-state index in [1.54, 1.807) is 0 Å². The molecule has 0 heterocycles. The van der Waals surface area contributed by atoms with Crippen molar-refractivity contribution in [2.45, 2.75) is 19.9 Å². The molecule has 0 aromatic carbocycles. The Morgan fingerprint density at radius 2 is 1.12 bits per heavy atom. The summed E-state index contributed by atoms with van der Waals surface area (Å²) >= 11 is 0. The van der Waals surface area contributed by atoms with Gasteiger partial charge >= 0.3 is 154 Å². The van der Waals surface area contributed by atoms with Gasteiger partial charge in [0.05, 0.1) is 0 Å². The summed E-state index contributed by atoms with van der Waals surface area (Å²) in [6.07, 6.45) is -1.89. The summed E-state index contributed by atoms with van der Waals surface area (Å²) in [7, 11) is -9.67. The predicted molar refractivity (Wildman–Crippen MR) is 41.9 cm³/mol. The van der Waals surface area contributed by atoms with E-state index in [0.717, 1.165) is 4.90 Å². The maximum absolute atomic E-state index is 10.4. The molecule has 0 amide bonds. The van der Waals surface area contributed by atoms with Crippen molar-refractivity contribution in [2.24, 2.45) is 0 Å². The van der Waals surface area contributed by atoms with E-state index >= 15 is 0 Å². The molecule has 0 fully saturated rings. The van der Waals surface area contributed by atoms with Crippen LogP contribution in [0, 0.1) is 0 Å². The Labute approximate surface area is 229 Å². The minimum absolute atomic E-state index is 0. The van der Waals surface area contributed by atoms with Crippen molar-refractivity contribution in [2.75, 3.05) is 12.6 Å². The van der Waals surface area contributed by atoms with E-state index in [-0.39, 0.29) is 154 Å². The molecule has 0 aliphatic rings. The second-order valence-corrected chi connectivity index (χ2v) is 6.20. The van der Waals surface area contributed by atoms with Gasteiger partial charge in [-0.1, -0.05) is 15.2 Å². The van der Waals surface area contributed by atoms with Crippen LogP contribution in [0.25, 0.3) is 0 Å². The van der Waals surface area contributed by atoms with Crippen LogP contribution in [0.3, 0.4) is 0 Å². The summed E-state index contributed by atoms with van der Waals surface area (Å²) in [5.41, 5.74) is 0. The normalized spacial score (nSPS) is 11.5. The Kier molecular flexibility index (Phi) is 24.1. The van der Waals surface area contributed by atoms with E-state index in [2.05, 4.69) is 0 Å². The molecule has 0 N–H and O–H groups in total. The van der Waals surface area contributed by atoms with Crippen molar-refractivity contribution >= 4 is 15.2 Å². The first-order chi connectivity index (χ1) is 6.01. The van der Waals surface area contributed by atoms with Crippen LogP contribution in [0.4, 0.5) is 0 Å². The van der Waals surface area contributed by atoms with Crippen molar-refractivity contribution in [3.8, 4) is 0 Å². The molecule has 17 heavy (non-hydrogen) atoms. The van der Waals surface area contributed by atoms with Crippen LogP contribution >= 0.6 is 15.2 Å². The van der Waals surface area contributed by atoms with Crippen molar-refractivity contribution in [3.05, 3.63) is 0 Å². The van der Waals surface area contributed by atoms with Gasteiger partial charge in [-0.3, -0.25) is 4.90 Å². The third-order valence-corrected chi connectivity index (χ3v) is 2.86. The van der Waals surface area contributed by atoms with Crippen LogP contribution in [0.15, 0.2) is 0 Å². The van der Waals surface area contributed by atoms with E-state index in [4.69, 9.17) is 0 Å². The summed E-state index contributed by atoms with van der Waals surface area (Å²) in [5, 5.41) is 0. The van der Waals surface area contributed by atoms with Gasteiger partial charge in [0.1, 0.15) is 0 Å². The van der Waals surface area contributed by atoms with Gasteiger partial charge in [-0.25, -0.2) is 0 Å². The maximum Gasteiger partial charge on any atom is 1.00 e. The van der Waals surface area contributed by atoms with Gasteiger partial charge in [-0.2, -0.15) is 0 Å². The zero-order valence-electron chi connectivity index (χ0n) is 10.8. The molecule has 0 aliphatic carbocycles. The molecule has 0 aromatic heterocycles. The van der Waals surface area contributed by atoms with Crippen molar-refractivity contribution < 1.29 is 183 Å². The fraction of sp³-hybridized carbons (Fsp3) is 1.00. The molecule has 0 spiro atoms. The molecular formula is C5H11K3NO6P2-. The van der Waals surface area contributed by atoms with Gasteiger partial charge in [-0.15, -0.1) is 0 Å². The molecule has 86 valence electrons. The summed E-state index contributed by atoms with van der Waals surface area (Å²) in [5.74, 6) is 0. The van der Waals surface area contributed by atoms with E-state index in [0.29, 0.717) is 0 Å². The SMILES string of the molecule is CC(C)N(CP(=O)([O-])[O-])CP(=O)([O-])[O-].[K+].[K+].[K+]. The minimum Gasteiger partial charge on any atom is -0.810 e. The average molecular weight is 360 g/mol. The summed E-state index contributed by atoms with van der Waals surface area (Å²) in [6.45, 7) is 2.98. The van der Waals surface area contributed by atoms with Crippen LogP contribution in [-0.4, -0.2) is 23.5 Å². The first kappa shape index (κ1) is 30.1. The monoisotopic (exact) mass is 360 g/mol. The number of rotatable bonds is 5. The molecule has 0 unspecified atom stereocenters. The average Bonchev–Trinajstić information content (AvgIpc) is 1.78. The molecule has 0 atom stereocenters. The van der Waals surface area contributed by atoms with E-state index in [1.807, 2.05) is 0 Å². The minimum atomic E-state index is -4.83. The van der Waals surface area contributed by atoms with Gasteiger partial charge in [0, 0.05) is 18.6 Å². The third kappa shape index (κ3) is 21.2. The predicted octanol–water partition coefficient (Wildman–Crippen LogP) is -11.5. The molecule has 0 bridgehead atoms. The Morgan fingerprint density at radius 3 is 1.24 bits per heavy atom. The third-order valence-electron chi connectivity index (χ3n) is 1.44. The molecular weight excluding hydrogens is 349 g/mol. The first-order valence-corrected chi connectivity index (χ1v) is 7.23. The van der Waals surface area contributed by atoms with Crippen LogP contribution < -0.4 is 174 Å². The zero-order chi connectivity index (χ0) is 11.6. The molecule has 0 saturated heterocycles. The van der Waals surface area contributed by atoms with Gasteiger partial charge in [0.25, 0.3) is 0 Å². The molecule has 0 aromatic rings. The second kappa shape index (κ2) is 13.6. The van der Waals surface area contributed by atoms with E-state index in [1.165, 1.54) is 13.8 Å².